The van der Waals surface area contributed by atoms with Gasteiger partial charge in [-0.15, -0.1) is 11.3 Å². The summed E-state index contributed by atoms with van der Waals surface area (Å²) in [5, 5.41) is 3.31. The van der Waals surface area contributed by atoms with Gasteiger partial charge in [-0.25, -0.2) is 9.37 Å². The first-order valence-corrected chi connectivity index (χ1v) is 6.84. The lowest BCUT2D eigenvalue weighted by Crippen LogP contribution is -2.25. The number of rotatable bonds is 4. The number of aromatic nitrogens is 1. The molecule has 2 rings (SSSR count). The Morgan fingerprint density at radius 1 is 1.32 bits per heavy atom. The summed E-state index contributed by atoms with van der Waals surface area (Å²) in [6.07, 6.45) is 0.676. The van der Waals surface area contributed by atoms with Gasteiger partial charge in [0.05, 0.1) is 5.69 Å². The predicted molar refractivity (Wildman–Crippen MR) is 74.0 cm³/mol. The zero-order valence-corrected chi connectivity index (χ0v) is 11.7. The molecule has 1 aromatic carbocycles. The molecule has 0 radical (unpaired) electrons. The van der Waals surface area contributed by atoms with Gasteiger partial charge in [-0.2, -0.15) is 0 Å². The van der Waals surface area contributed by atoms with E-state index in [2.05, 4.69) is 10.3 Å². The number of nitrogens with zero attached hydrogens (tertiary/aromatic N) is 1. The summed E-state index contributed by atoms with van der Waals surface area (Å²) in [5.74, 6) is -0.398. The van der Waals surface area contributed by atoms with Gasteiger partial charge < -0.3 is 5.32 Å². The molecule has 1 N–H and O–H groups in total. The molecule has 0 saturated carbocycles. The van der Waals surface area contributed by atoms with Crippen molar-refractivity contribution in [3.63, 3.8) is 0 Å². The molecule has 19 heavy (non-hydrogen) atoms. The molecule has 0 atom stereocenters. The van der Waals surface area contributed by atoms with Crippen LogP contribution in [0, 0.1) is 19.7 Å². The van der Waals surface area contributed by atoms with Crippen LogP contribution in [0.5, 0.6) is 0 Å². The quantitative estimate of drug-likeness (QED) is 0.934. The van der Waals surface area contributed by atoms with E-state index < -0.39 is 0 Å². The molecule has 0 spiro atoms. The molecular weight excluding hydrogens is 263 g/mol. The van der Waals surface area contributed by atoms with E-state index >= 15 is 0 Å². The molecule has 3 nitrogen and oxygen atoms in total. The Morgan fingerprint density at radius 3 is 2.58 bits per heavy atom. The number of benzene rings is 1. The summed E-state index contributed by atoms with van der Waals surface area (Å²) >= 11 is 1.40. The average molecular weight is 278 g/mol. The lowest BCUT2D eigenvalue weighted by Gasteiger charge is -2.03. The van der Waals surface area contributed by atoms with Gasteiger partial charge in [0, 0.05) is 11.4 Å². The van der Waals surface area contributed by atoms with E-state index in [4.69, 9.17) is 0 Å². The second-order valence-electron chi connectivity index (χ2n) is 4.29. The van der Waals surface area contributed by atoms with E-state index in [0.717, 1.165) is 16.1 Å². The maximum Gasteiger partial charge on any atom is 0.280 e. The molecule has 0 unspecified atom stereocenters. The van der Waals surface area contributed by atoms with Crippen LogP contribution in [0.2, 0.25) is 0 Å². The smallest absolute Gasteiger partial charge is 0.280 e. The molecule has 5 heteroatoms. The van der Waals surface area contributed by atoms with Crippen LogP contribution in [-0.4, -0.2) is 17.4 Å². The fourth-order valence-electron chi connectivity index (χ4n) is 1.62. The van der Waals surface area contributed by atoms with Gasteiger partial charge in [-0.3, -0.25) is 4.79 Å². The number of nitrogens with one attached hydrogen (secondary N) is 1. The summed E-state index contributed by atoms with van der Waals surface area (Å²) in [6.45, 7) is 4.35. The number of halogens is 1. The average Bonchev–Trinajstić information content (AvgIpc) is 2.72. The molecule has 1 heterocycles. The summed E-state index contributed by atoms with van der Waals surface area (Å²) in [6, 6.07) is 6.29. The monoisotopic (exact) mass is 278 g/mol. The van der Waals surface area contributed by atoms with Crippen LogP contribution < -0.4 is 5.32 Å². The molecule has 0 aliphatic rings. The first-order chi connectivity index (χ1) is 9.06. The standard InChI is InChI=1S/C14H15FN2OS/c1-9-10(2)19-14(17-9)13(18)16-8-7-11-3-5-12(15)6-4-11/h3-6H,7-8H2,1-2H3,(H,16,18). The second-order valence-corrected chi connectivity index (χ2v) is 5.50. The van der Waals surface area contributed by atoms with Gasteiger partial charge in [0.15, 0.2) is 5.01 Å². The van der Waals surface area contributed by atoms with Crippen molar-refractivity contribution in [2.75, 3.05) is 6.54 Å². The van der Waals surface area contributed by atoms with Crippen LogP contribution >= 0.6 is 11.3 Å². The van der Waals surface area contributed by atoms with Crippen molar-refractivity contribution in [3.05, 3.63) is 51.2 Å². The summed E-state index contributed by atoms with van der Waals surface area (Å²) in [4.78, 5) is 17.1. The van der Waals surface area contributed by atoms with Crippen LogP contribution in [0.4, 0.5) is 4.39 Å². The number of aryl methyl sites for hydroxylation is 2. The molecule has 0 fully saturated rings. The highest BCUT2D eigenvalue weighted by Gasteiger charge is 2.11. The SMILES string of the molecule is Cc1nc(C(=O)NCCc2ccc(F)cc2)sc1C. The van der Waals surface area contributed by atoms with Gasteiger partial charge in [0.25, 0.3) is 5.91 Å². The van der Waals surface area contributed by atoms with E-state index in [1.165, 1.54) is 23.5 Å². The van der Waals surface area contributed by atoms with Gasteiger partial charge in [-0.05, 0) is 38.0 Å². The van der Waals surface area contributed by atoms with Gasteiger partial charge >= 0.3 is 0 Å². The van der Waals surface area contributed by atoms with E-state index in [1.54, 1.807) is 12.1 Å². The molecule has 1 aromatic heterocycles. The number of carbonyl (C=O) groups is 1. The first-order valence-electron chi connectivity index (χ1n) is 6.03. The maximum absolute atomic E-state index is 12.7. The van der Waals surface area contributed by atoms with Gasteiger partial charge in [-0.1, -0.05) is 12.1 Å². The molecule has 0 aliphatic carbocycles. The highest BCUT2D eigenvalue weighted by Crippen LogP contribution is 2.16. The van der Waals surface area contributed by atoms with Crippen molar-refractivity contribution in [3.8, 4) is 0 Å². The van der Waals surface area contributed by atoms with Crippen LogP contribution in [0.3, 0.4) is 0 Å². The fraction of sp³-hybridized carbons (Fsp3) is 0.286. The zero-order valence-electron chi connectivity index (χ0n) is 10.9. The number of carbonyl (C=O) groups excluding carboxylic acids is 1. The Bertz CT molecular complexity index is 558. The Hall–Kier alpha value is -1.75. The number of hydrogen-bond acceptors (Lipinski definition) is 3. The zero-order chi connectivity index (χ0) is 13.8. The third-order valence-electron chi connectivity index (χ3n) is 2.84. The highest BCUT2D eigenvalue weighted by atomic mass is 32.1. The molecule has 1 amide bonds. The normalized spacial score (nSPS) is 10.5. The lowest BCUT2D eigenvalue weighted by molar-refractivity contribution is 0.0953. The van der Waals surface area contributed by atoms with E-state index in [9.17, 15) is 9.18 Å². The summed E-state index contributed by atoms with van der Waals surface area (Å²) in [5.41, 5.74) is 1.89. The lowest BCUT2D eigenvalue weighted by atomic mass is 10.1. The largest absolute Gasteiger partial charge is 0.350 e. The topological polar surface area (TPSA) is 42.0 Å². The molecule has 100 valence electrons. The minimum absolute atomic E-state index is 0.150. The van der Waals surface area contributed by atoms with Crippen molar-refractivity contribution < 1.29 is 9.18 Å². The van der Waals surface area contributed by atoms with Gasteiger partial charge in [0.2, 0.25) is 0 Å². The Labute approximate surface area is 115 Å². The molecule has 0 aliphatic heterocycles. The third-order valence-corrected chi connectivity index (χ3v) is 3.91. The minimum Gasteiger partial charge on any atom is -0.350 e. The van der Waals surface area contributed by atoms with Crippen molar-refractivity contribution in [1.82, 2.24) is 10.3 Å². The van der Waals surface area contributed by atoms with Crippen molar-refractivity contribution >= 4 is 17.2 Å². The van der Waals surface area contributed by atoms with Crippen LogP contribution in [0.1, 0.15) is 25.9 Å². The Balaban J connectivity index is 1.85. The van der Waals surface area contributed by atoms with Crippen molar-refractivity contribution in [2.45, 2.75) is 20.3 Å². The van der Waals surface area contributed by atoms with Crippen LogP contribution in [0.15, 0.2) is 24.3 Å². The number of hydrogen-bond donors (Lipinski definition) is 1. The van der Waals surface area contributed by atoms with Crippen LogP contribution in [-0.2, 0) is 6.42 Å². The predicted octanol–water partition coefficient (Wildman–Crippen LogP) is 2.87. The van der Waals surface area contributed by atoms with E-state index in [0.29, 0.717) is 18.0 Å². The summed E-state index contributed by atoms with van der Waals surface area (Å²) < 4.78 is 12.7. The molecular formula is C14H15FN2OS. The number of amides is 1. The van der Waals surface area contributed by atoms with Crippen molar-refractivity contribution in [1.29, 1.82) is 0 Å². The Morgan fingerprint density at radius 2 is 2.00 bits per heavy atom. The molecule has 0 saturated heterocycles. The second kappa shape index (κ2) is 5.93. The van der Waals surface area contributed by atoms with Gasteiger partial charge in [0.1, 0.15) is 5.82 Å². The minimum atomic E-state index is -0.249. The van der Waals surface area contributed by atoms with E-state index in [1.807, 2.05) is 13.8 Å². The highest BCUT2D eigenvalue weighted by molar-refractivity contribution is 7.13. The van der Waals surface area contributed by atoms with Crippen molar-refractivity contribution in [2.24, 2.45) is 0 Å². The molecule has 2 aromatic rings. The first kappa shape index (κ1) is 13.7. The fourth-order valence-corrected chi connectivity index (χ4v) is 2.45. The van der Waals surface area contributed by atoms with Crippen LogP contribution in [0.25, 0.3) is 0 Å². The number of thiazole rings is 1. The molecule has 0 bridgehead atoms. The third kappa shape index (κ3) is 3.61. The summed E-state index contributed by atoms with van der Waals surface area (Å²) in [7, 11) is 0. The van der Waals surface area contributed by atoms with E-state index in [-0.39, 0.29) is 11.7 Å². The Kier molecular flexibility index (Phi) is 4.27. The maximum atomic E-state index is 12.7.